The van der Waals surface area contributed by atoms with Gasteiger partial charge in [-0.15, -0.1) is 0 Å². The second kappa shape index (κ2) is 6.61. The molecule has 0 atom stereocenters. The molecule has 2 rings (SSSR count). The number of nitrogens with two attached hydrogens (primary N) is 1. The third-order valence-electron chi connectivity index (χ3n) is 2.51. The summed E-state index contributed by atoms with van der Waals surface area (Å²) >= 11 is 0. The highest BCUT2D eigenvalue weighted by atomic mass is 16.5. The zero-order valence-corrected chi connectivity index (χ0v) is 10.2. The number of benzene rings is 1. The molecule has 1 aromatic carbocycles. The van der Waals surface area contributed by atoms with Crippen molar-refractivity contribution in [2.45, 2.75) is 6.54 Å². The molecule has 0 amide bonds. The van der Waals surface area contributed by atoms with Gasteiger partial charge in [0.2, 0.25) is 0 Å². The van der Waals surface area contributed by atoms with Crippen molar-refractivity contribution in [2.24, 2.45) is 0 Å². The van der Waals surface area contributed by atoms with Gasteiger partial charge in [0.15, 0.2) is 0 Å². The summed E-state index contributed by atoms with van der Waals surface area (Å²) in [7, 11) is 0. The lowest BCUT2D eigenvalue weighted by molar-refractivity contribution is 0.313. The molecule has 18 heavy (non-hydrogen) atoms. The number of nitrogens with one attached hydrogen (secondary N) is 1. The van der Waals surface area contributed by atoms with Gasteiger partial charge in [0.1, 0.15) is 12.4 Å². The van der Waals surface area contributed by atoms with E-state index in [1.54, 1.807) is 12.4 Å². The summed E-state index contributed by atoms with van der Waals surface area (Å²) < 4.78 is 5.57. The highest BCUT2D eigenvalue weighted by molar-refractivity contribution is 5.41. The second-order valence-corrected chi connectivity index (χ2v) is 3.95. The predicted molar refractivity (Wildman–Crippen MR) is 72.3 cm³/mol. The van der Waals surface area contributed by atoms with Crippen LogP contribution in [0.5, 0.6) is 5.75 Å². The average molecular weight is 243 g/mol. The van der Waals surface area contributed by atoms with Gasteiger partial charge in [0.05, 0.1) is 0 Å². The lowest BCUT2D eigenvalue weighted by Gasteiger charge is -2.07. The van der Waals surface area contributed by atoms with Gasteiger partial charge in [-0.3, -0.25) is 4.98 Å². The lowest BCUT2D eigenvalue weighted by atomic mass is 10.3. The summed E-state index contributed by atoms with van der Waals surface area (Å²) in [6.07, 6.45) is 3.59. The predicted octanol–water partition coefficient (Wildman–Crippen LogP) is 1.83. The quantitative estimate of drug-likeness (QED) is 0.600. The Hall–Kier alpha value is -2.07. The van der Waals surface area contributed by atoms with Crippen molar-refractivity contribution >= 4 is 5.69 Å². The number of aromatic nitrogens is 1. The molecule has 1 aromatic heterocycles. The molecule has 0 radical (unpaired) electrons. The highest BCUT2D eigenvalue weighted by Gasteiger charge is 1.94. The zero-order chi connectivity index (χ0) is 12.6. The van der Waals surface area contributed by atoms with E-state index in [0.29, 0.717) is 6.61 Å². The number of pyridine rings is 1. The largest absolute Gasteiger partial charge is 0.492 e. The molecule has 0 aliphatic heterocycles. The molecule has 0 saturated carbocycles. The summed E-state index contributed by atoms with van der Waals surface area (Å²) in [5.41, 5.74) is 7.56. The fourth-order valence-corrected chi connectivity index (χ4v) is 1.54. The Labute approximate surface area is 107 Å². The van der Waals surface area contributed by atoms with E-state index in [-0.39, 0.29) is 0 Å². The number of rotatable bonds is 6. The van der Waals surface area contributed by atoms with Gasteiger partial charge in [-0.05, 0) is 42.0 Å². The first-order valence-corrected chi connectivity index (χ1v) is 5.92. The number of anilines is 1. The maximum atomic E-state index is 5.59. The molecule has 4 heteroatoms. The number of nitrogen functional groups attached to an aromatic ring is 1. The van der Waals surface area contributed by atoms with Gasteiger partial charge in [-0.2, -0.15) is 0 Å². The van der Waals surface area contributed by atoms with Crippen LogP contribution in [0.3, 0.4) is 0 Å². The van der Waals surface area contributed by atoms with Crippen molar-refractivity contribution in [1.82, 2.24) is 10.3 Å². The van der Waals surface area contributed by atoms with Crippen molar-refractivity contribution in [3.8, 4) is 5.75 Å². The number of nitrogens with zero attached hydrogens (tertiary/aromatic N) is 1. The summed E-state index contributed by atoms with van der Waals surface area (Å²) in [4.78, 5) is 3.97. The van der Waals surface area contributed by atoms with Crippen molar-refractivity contribution in [3.05, 3.63) is 54.4 Å². The number of ether oxygens (including phenoxy) is 1. The molecule has 0 spiro atoms. The van der Waals surface area contributed by atoms with Gasteiger partial charge >= 0.3 is 0 Å². The molecular formula is C14H17N3O. The third-order valence-corrected chi connectivity index (χ3v) is 2.51. The first-order chi connectivity index (χ1) is 8.84. The maximum Gasteiger partial charge on any atom is 0.119 e. The summed E-state index contributed by atoms with van der Waals surface area (Å²) in [5.74, 6) is 0.843. The van der Waals surface area contributed by atoms with Crippen molar-refractivity contribution < 1.29 is 4.74 Å². The molecule has 4 nitrogen and oxygen atoms in total. The molecule has 3 N–H and O–H groups in total. The van der Waals surface area contributed by atoms with Gasteiger partial charge in [0.25, 0.3) is 0 Å². The fourth-order valence-electron chi connectivity index (χ4n) is 1.54. The van der Waals surface area contributed by atoms with Gasteiger partial charge in [-0.25, -0.2) is 0 Å². The number of hydrogen-bond donors (Lipinski definition) is 2. The normalized spacial score (nSPS) is 10.2. The third kappa shape index (κ3) is 4.07. The molecular weight excluding hydrogens is 226 g/mol. The first-order valence-electron chi connectivity index (χ1n) is 5.92. The number of hydrogen-bond acceptors (Lipinski definition) is 4. The minimum Gasteiger partial charge on any atom is -0.492 e. The van der Waals surface area contributed by atoms with Crippen LogP contribution >= 0.6 is 0 Å². The Balaban J connectivity index is 1.63. The first kappa shape index (κ1) is 12.4. The van der Waals surface area contributed by atoms with E-state index in [4.69, 9.17) is 10.5 Å². The minimum absolute atomic E-state index is 0.634. The molecule has 0 fully saturated rings. The Morgan fingerprint density at radius 3 is 2.50 bits per heavy atom. The Bertz CT molecular complexity index is 456. The van der Waals surface area contributed by atoms with Crippen LogP contribution in [-0.2, 0) is 6.54 Å². The minimum atomic E-state index is 0.634. The zero-order valence-electron chi connectivity index (χ0n) is 10.2. The van der Waals surface area contributed by atoms with Crippen LogP contribution in [0, 0.1) is 0 Å². The Morgan fingerprint density at radius 1 is 1.06 bits per heavy atom. The monoisotopic (exact) mass is 243 g/mol. The summed E-state index contributed by atoms with van der Waals surface area (Å²) in [6, 6.07) is 11.4. The van der Waals surface area contributed by atoms with Crippen LogP contribution < -0.4 is 15.8 Å². The lowest BCUT2D eigenvalue weighted by Crippen LogP contribution is -2.20. The molecule has 2 aromatic rings. The van der Waals surface area contributed by atoms with E-state index in [1.165, 1.54) is 5.56 Å². The summed E-state index contributed by atoms with van der Waals surface area (Å²) in [5, 5.41) is 3.31. The van der Waals surface area contributed by atoms with Gasteiger partial charge in [-0.1, -0.05) is 0 Å². The SMILES string of the molecule is Nc1ccc(OCCNCc2ccncc2)cc1. The van der Waals surface area contributed by atoms with Gasteiger partial charge < -0.3 is 15.8 Å². The van der Waals surface area contributed by atoms with Crippen LogP contribution in [0.4, 0.5) is 5.69 Å². The van der Waals surface area contributed by atoms with Crippen LogP contribution in [0.2, 0.25) is 0 Å². The van der Waals surface area contributed by atoms with E-state index in [0.717, 1.165) is 24.5 Å². The van der Waals surface area contributed by atoms with E-state index in [9.17, 15) is 0 Å². The Morgan fingerprint density at radius 2 is 1.78 bits per heavy atom. The molecule has 0 saturated heterocycles. The standard InChI is InChI=1S/C14H17N3O/c15-13-1-3-14(4-2-13)18-10-9-17-11-12-5-7-16-8-6-12/h1-8,17H,9-11,15H2. The molecule has 0 aliphatic rings. The fraction of sp³-hybridized carbons (Fsp3) is 0.214. The van der Waals surface area contributed by atoms with Crippen molar-refractivity contribution in [2.75, 3.05) is 18.9 Å². The molecule has 94 valence electrons. The maximum absolute atomic E-state index is 5.59. The molecule has 0 unspecified atom stereocenters. The van der Waals surface area contributed by atoms with E-state index in [2.05, 4.69) is 10.3 Å². The summed E-state index contributed by atoms with van der Waals surface area (Å²) in [6.45, 7) is 2.26. The molecule has 0 aliphatic carbocycles. The van der Waals surface area contributed by atoms with Gasteiger partial charge in [0, 0.05) is 31.2 Å². The topological polar surface area (TPSA) is 60.2 Å². The van der Waals surface area contributed by atoms with Crippen molar-refractivity contribution in [3.63, 3.8) is 0 Å². The van der Waals surface area contributed by atoms with Crippen LogP contribution in [0.1, 0.15) is 5.56 Å². The van der Waals surface area contributed by atoms with Crippen LogP contribution in [0.25, 0.3) is 0 Å². The molecule has 1 heterocycles. The van der Waals surface area contributed by atoms with Crippen molar-refractivity contribution in [1.29, 1.82) is 0 Å². The highest BCUT2D eigenvalue weighted by Crippen LogP contribution is 2.12. The van der Waals surface area contributed by atoms with E-state index < -0.39 is 0 Å². The second-order valence-electron chi connectivity index (χ2n) is 3.95. The van der Waals surface area contributed by atoms with Crippen LogP contribution in [0.15, 0.2) is 48.8 Å². The van der Waals surface area contributed by atoms with E-state index in [1.807, 2.05) is 36.4 Å². The average Bonchev–Trinajstić information content (AvgIpc) is 2.42. The Kier molecular flexibility index (Phi) is 4.55. The van der Waals surface area contributed by atoms with E-state index >= 15 is 0 Å². The smallest absolute Gasteiger partial charge is 0.119 e. The van der Waals surface area contributed by atoms with Crippen LogP contribution in [-0.4, -0.2) is 18.1 Å². The molecule has 0 bridgehead atoms.